The lowest BCUT2D eigenvalue weighted by atomic mass is 10.2. The number of hydrogen-bond donors (Lipinski definition) is 1. The summed E-state index contributed by atoms with van der Waals surface area (Å²) in [6, 6.07) is 3.09. The molecule has 0 bridgehead atoms. The van der Waals surface area contributed by atoms with Crippen LogP contribution in [0.1, 0.15) is 58.1 Å². The van der Waals surface area contributed by atoms with Crippen LogP contribution in [0.25, 0.3) is 17.0 Å². The molecule has 3 aromatic heterocycles. The smallest absolute Gasteiger partial charge is 0.410 e. The molecule has 0 spiro atoms. The summed E-state index contributed by atoms with van der Waals surface area (Å²) in [6.45, 7) is 5.47. The largest absolute Gasteiger partial charge is 0.488 e. The predicted molar refractivity (Wildman–Crippen MR) is 130 cm³/mol. The molecule has 1 amide bonds. The minimum absolute atomic E-state index is 0.0430. The number of hydrogen-bond acceptors (Lipinski definition) is 8. The second kappa shape index (κ2) is 8.56. The highest BCUT2D eigenvalue weighted by atomic mass is 19.1. The average Bonchev–Trinajstić information content (AvgIpc) is 3.74. The minimum atomic E-state index is -1.27. The number of likely N-dealkylation sites (tertiary alicyclic amines) is 1. The molecule has 3 aromatic rings. The maximum Gasteiger partial charge on any atom is 0.410 e. The zero-order valence-electron chi connectivity index (χ0n) is 20.6. The highest BCUT2D eigenvalue weighted by molar-refractivity contribution is 5.69. The first-order chi connectivity index (χ1) is 17.2. The number of halogens is 1. The Bertz CT molecular complexity index is 1300. The second-order valence-electron chi connectivity index (χ2n) is 10.8. The Labute approximate surface area is 208 Å². The first-order valence-electron chi connectivity index (χ1n) is 12.5. The normalized spacial score (nSPS) is 22.2. The van der Waals surface area contributed by atoms with Gasteiger partial charge in [0.2, 0.25) is 5.95 Å². The van der Waals surface area contributed by atoms with Gasteiger partial charge in [-0.1, -0.05) is 0 Å². The van der Waals surface area contributed by atoms with E-state index in [1.165, 1.54) is 4.90 Å². The minimum Gasteiger partial charge on any atom is -0.488 e. The molecular weight excluding hydrogens is 465 g/mol. The van der Waals surface area contributed by atoms with Crippen molar-refractivity contribution in [2.24, 2.45) is 0 Å². The SMILES string of the molecule is CC(C)(C)OC(=O)N1C[C@H](Nc2nccc(-c3cnc4cc(OC5CC5)c(C5CC5)nn34)n2)[C@@H](F)C1. The molecule has 11 heteroatoms. The van der Waals surface area contributed by atoms with Crippen LogP contribution in [-0.4, -0.2) is 72.6 Å². The Hall–Kier alpha value is -3.50. The Kier molecular flexibility index (Phi) is 5.45. The van der Waals surface area contributed by atoms with E-state index in [9.17, 15) is 9.18 Å². The number of rotatable bonds is 6. The lowest BCUT2D eigenvalue weighted by molar-refractivity contribution is 0.0283. The Morgan fingerprint density at radius 3 is 2.69 bits per heavy atom. The molecule has 0 unspecified atom stereocenters. The Morgan fingerprint density at radius 2 is 1.97 bits per heavy atom. The number of nitrogens with one attached hydrogen (secondary N) is 1. The third kappa shape index (κ3) is 4.78. The van der Waals surface area contributed by atoms with Crippen molar-refractivity contribution in [3.8, 4) is 17.1 Å². The molecule has 0 aromatic carbocycles. The highest BCUT2D eigenvalue weighted by Gasteiger charge is 2.38. The van der Waals surface area contributed by atoms with Crippen molar-refractivity contribution >= 4 is 17.7 Å². The van der Waals surface area contributed by atoms with Crippen LogP contribution >= 0.6 is 0 Å². The Morgan fingerprint density at radius 1 is 1.17 bits per heavy atom. The van der Waals surface area contributed by atoms with E-state index in [0.29, 0.717) is 23.0 Å². The number of alkyl halides is 1. The van der Waals surface area contributed by atoms with Gasteiger partial charge in [-0.3, -0.25) is 0 Å². The van der Waals surface area contributed by atoms with Gasteiger partial charge in [-0.25, -0.2) is 28.7 Å². The molecule has 36 heavy (non-hydrogen) atoms. The number of aromatic nitrogens is 5. The van der Waals surface area contributed by atoms with Gasteiger partial charge >= 0.3 is 6.09 Å². The maximum absolute atomic E-state index is 14.8. The fourth-order valence-corrected chi connectivity index (χ4v) is 4.30. The van der Waals surface area contributed by atoms with Crippen molar-refractivity contribution in [2.45, 2.75) is 76.3 Å². The molecular formula is C25H30FN7O3. The number of fused-ring (bicyclic) bond motifs is 1. The van der Waals surface area contributed by atoms with Gasteiger partial charge in [0, 0.05) is 24.7 Å². The molecule has 10 nitrogen and oxygen atoms in total. The van der Waals surface area contributed by atoms with Gasteiger partial charge in [0.15, 0.2) is 5.65 Å². The molecule has 1 saturated heterocycles. The van der Waals surface area contributed by atoms with Gasteiger partial charge in [-0.05, 0) is 52.5 Å². The van der Waals surface area contributed by atoms with Crippen molar-refractivity contribution in [2.75, 3.05) is 18.4 Å². The van der Waals surface area contributed by atoms with Crippen LogP contribution in [0, 0.1) is 0 Å². The predicted octanol–water partition coefficient (Wildman–Crippen LogP) is 3.97. The standard InChI is InChI=1S/C25H30FN7O3/c1-25(2,3)36-24(34)32-12-16(26)18(13-32)30-23-27-9-8-17(29-23)19-11-28-21-10-20(35-15-6-7-15)22(14-4-5-14)31-33(19)21/h8-11,14-16,18H,4-7,12-13H2,1-3H3,(H,27,29,30)/t16-,18-/m0/s1. The van der Waals surface area contributed by atoms with Gasteiger partial charge in [-0.15, -0.1) is 0 Å². The van der Waals surface area contributed by atoms with Gasteiger partial charge in [0.1, 0.15) is 28.9 Å². The molecule has 1 N–H and O–H groups in total. The first kappa shape index (κ1) is 22.9. The molecule has 3 fully saturated rings. The van der Waals surface area contributed by atoms with Crippen LogP contribution in [-0.2, 0) is 4.74 Å². The van der Waals surface area contributed by atoms with E-state index in [-0.39, 0.29) is 25.1 Å². The number of nitrogens with zero attached hydrogens (tertiary/aromatic N) is 6. The van der Waals surface area contributed by atoms with Gasteiger partial charge < -0.3 is 19.7 Å². The van der Waals surface area contributed by atoms with Gasteiger partial charge in [0.05, 0.1) is 30.6 Å². The quantitative estimate of drug-likeness (QED) is 0.547. The zero-order chi connectivity index (χ0) is 25.0. The van der Waals surface area contributed by atoms with E-state index in [2.05, 4.69) is 20.3 Å². The third-order valence-corrected chi connectivity index (χ3v) is 6.40. The van der Waals surface area contributed by atoms with E-state index < -0.39 is 23.9 Å². The number of imidazole rings is 1. The molecule has 0 radical (unpaired) electrons. The van der Waals surface area contributed by atoms with Crippen molar-refractivity contribution in [3.05, 3.63) is 30.2 Å². The summed E-state index contributed by atoms with van der Waals surface area (Å²) in [6.07, 6.45) is 6.22. The summed E-state index contributed by atoms with van der Waals surface area (Å²) in [5, 5.41) is 7.94. The van der Waals surface area contributed by atoms with Crippen LogP contribution in [0.15, 0.2) is 24.5 Å². The fourth-order valence-electron chi connectivity index (χ4n) is 4.30. The fraction of sp³-hybridized carbons (Fsp3) is 0.560. The van der Waals surface area contributed by atoms with Gasteiger partial charge in [-0.2, -0.15) is 5.10 Å². The topological polar surface area (TPSA) is 107 Å². The van der Waals surface area contributed by atoms with E-state index in [1.54, 1.807) is 43.7 Å². The third-order valence-electron chi connectivity index (χ3n) is 6.40. The number of carbonyl (C=O) groups is 1. The lowest BCUT2D eigenvalue weighted by Crippen LogP contribution is -2.36. The average molecular weight is 496 g/mol. The summed E-state index contributed by atoms with van der Waals surface area (Å²) in [5.74, 6) is 1.52. The van der Waals surface area contributed by atoms with E-state index >= 15 is 0 Å². The lowest BCUT2D eigenvalue weighted by Gasteiger charge is -2.24. The van der Waals surface area contributed by atoms with Crippen LogP contribution in [0.2, 0.25) is 0 Å². The van der Waals surface area contributed by atoms with Crippen molar-refractivity contribution in [1.82, 2.24) is 29.5 Å². The summed E-state index contributed by atoms with van der Waals surface area (Å²) in [4.78, 5) is 27.1. The first-order valence-corrected chi connectivity index (χ1v) is 12.5. The molecule has 6 rings (SSSR count). The van der Waals surface area contributed by atoms with Crippen LogP contribution in [0.3, 0.4) is 0 Å². The van der Waals surface area contributed by atoms with Crippen molar-refractivity contribution < 1.29 is 18.7 Å². The molecule has 2 atom stereocenters. The van der Waals surface area contributed by atoms with Crippen LogP contribution in [0.4, 0.5) is 15.1 Å². The van der Waals surface area contributed by atoms with E-state index in [4.69, 9.17) is 14.6 Å². The summed E-state index contributed by atoms with van der Waals surface area (Å²) < 4.78 is 28.0. The number of carbonyl (C=O) groups excluding carboxylic acids is 1. The Balaban J connectivity index is 1.22. The molecule has 2 saturated carbocycles. The molecule has 190 valence electrons. The van der Waals surface area contributed by atoms with Gasteiger partial charge in [0.25, 0.3) is 0 Å². The molecule has 1 aliphatic heterocycles. The number of anilines is 1. The van der Waals surface area contributed by atoms with E-state index in [1.807, 2.05) is 6.07 Å². The zero-order valence-corrected chi connectivity index (χ0v) is 20.6. The summed E-state index contributed by atoms with van der Waals surface area (Å²) >= 11 is 0. The summed E-state index contributed by atoms with van der Waals surface area (Å²) in [7, 11) is 0. The maximum atomic E-state index is 14.8. The highest BCUT2D eigenvalue weighted by Crippen LogP contribution is 2.44. The van der Waals surface area contributed by atoms with E-state index in [0.717, 1.165) is 37.1 Å². The summed E-state index contributed by atoms with van der Waals surface area (Å²) in [5.41, 5.74) is 2.34. The monoisotopic (exact) mass is 495 g/mol. The van der Waals surface area contributed by atoms with Crippen LogP contribution < -0.4 is 10.1 Å². The second-order valence-corrected chi connectivity index (χ2v) is 10.8. The molecule has 2 aliphatic carbocycles. The number of amides is 1. The number of ether oxygens (including phenoxy) is 2. The molecule has 4 heterocycles. The van der Waals surface area contributed by atoms with Crippen molar-refractivity contribution in [1.29, 1.82) is 0 Å². The van der Waals surface area contributed by atoms with Crippen molar-refractivity contribution in [3.63, 3.8) is 0 Å². The van der Waals surface area contributed by atoms with Crippen LogP contribution in [0.5, 0.6) is 5.75 Å². The molecule has 3 aliphatic rings.